The van der Waals surface area contributed by atoms with Crippen LogP contribution in [0.2, 0.25) is 0 Å². The average molecular weight is 341 g/mol. The van der Waals surface area contributed by atoms with Crippen LogP contribution < -0.4 is 0 Å². The number of carbonyl (C=O) groups excluding carboxylic acids is 2. The van der Waals surface area contributed by atoms with Gasteiger partial charge in [-0.1, -0.05) is 22.0 Å². The largest absolute Gasteiger partial charge is 0.387 e. The Balaban J connectivity index is 2.05. The molecule has 0 saturated carbocycles. The average Bonchev–Trinajstić information content (AvgIpc) is 2.48. The molecule has 5 nitrogen and oxygen atoms in total. The molecule has 1 N–H and O–H groups in total. The molecule has 1 aliphatic heterocycles. The van der Waals surface area contributed by atoms with Gasteiger partial charge in [-0.25, -0.2) is 0 Å². The maximum atomic E-state index is 12.5. The van der Waals surface area contributed by atoms with Gasteiger partial charge in [-0.15, -0.1) is 0 Å². The molecule has 108 valence electrons. The van der Waals surface area contributed by atoms with Crippen molar-refractivity contribution in [3.05, 3.63) is 33.8 Å². The van der Waals surface area contributed by atoms with E-state index in [-0.39, 0.29) is 11.8 Å². The lowest BCUT2D eigenvalue weighted by Gasteiger charge is -2.34. The summed E-state index contributed by atoms with van der Waals surface area (Å²) >= 11 is 3.38. The quantitative estimate of drug-likeness (QED) is 0.874. The predicted octanol–water partition coefficient (Wildman–Crippen LogP) is 1.03. The molecule has 1 saturated heterocycles. The molecule has 0 bridgehead atoms. The molecule has 2 rings (SSSR count). The van der Waals surface area contributed by atoms with Gasteiger partial charge in [0.2, 0.25) is 5.91 Å². The minimum absolute atomic E-state index is 0.0140. The Bertz CT molecular complexity index is 525. The van der Waals surface area contributed by atoms with E-state index in [2.05, 4.69) is 15.9 Å². The fourth-order valence-electron chi connectivity index (χ4n) is 2.25. The molecule has 1 heterocycles. The fraction of sp³-hybridized carbons (Fsp3) is 0.429. The van der Waals surface area contributed by atoms with E-state index in [9.17, 15) is 9.59 Å². The number of aliphatic hydroxyl groups excluding tert-OH is 1. The van der Waals surface area contributed by atoms with Crippen LogP contribution in [0.3, 0.4) is 0 Å². The number of nitrogens with zero attached hydrogens (tertiary/aromatic N) is 2. The second kappa shape index (κ2) is 6.37. The Labute approximate surface area is 126 Å². The number of aliphatic hydroxyl groups is 1. The summed E-state index contributed by atoms with van der Waals surface area (Å²) in [5, 5.41) is 8.83. The Morgan fingerprint density at radius 3 is 2.40 bits per heavy atom. The van der Waals surface area contributed by atoms with Crippen molar-refractivity contribution in [1.82, 2.24) is 9.80 Å². The third-order valence-electron chi connectivity index (χ3n) is 3.48. The first kappa shape index (κ1) is 15.0. The third kappa shape index (κ3) is 3.19. The van der Waals surface area contributed by atoms with Gasteiger partial charge >= 0.3 is 0 Å². The van der Waals surface area contributed by atoms with Crippen LogP contribution in [0.1, 0.15) is 15.9 Å². The summed E-state index contributed by atoms with van der Waals surface area (Å²) in [5.41, 5.74) is 1.62. The van der Waals surface area contributed by atoms with Gasteiger partial charge in [0.05, 0.1) is 0 Å². The molecule has 0 radical (unpaired) electrons. The number of carbonyl (C=O) groups is 2. The van der Waals surface area contributed by atoms with Gasteiger partial charge in [-0.2, -0.15) is 0 Å². The van der Waals surface area contributed by atoms with E-state index < -0.39 is 6.61 Å². The molecule has 20 heavy (non-hydrogen) atoms. The number of halogens is 1. The highest BCUT2D eigenvalue weighted by Gasteiger charge is 2.25. The molecule has 1 aromatic rings. The van der Waals surface area contributed by atoms with Crippen LogP contribution >= 0.6 is 15.9 Å². The third-order valence-corrected chi connectivity index (χ3v) is 3.98. The monoisotopic (exact) mass is 340 g/mol. The molecule has 0 aliphatic carbocycles. The fourth-order valence-corrected chi connectivity index (χ4v) is 2.62. The Morgan fingerprint density at radius 2 is 1.80 bits per heavy atom. The number of piperazine rings is 1. The first-order chi connectivity index (χ1) is 9.52. The van der Waals surface area contributed by atoms with Gasteiger partial charge in [-0.3, -0.25) is 9.59 Å². The highest BCUT2D eigenvalue weighted by molar-refractivity contribution is 9.10. The van der Waals surface area contributed by atoms with Crippen molar-refractivity contribution in [2.24, 2.45) is 0 Å². The van der Waals surface area contributed by atoms with Gasteiger partial charge in [0.1, 0.15) is 6.61 Å². The smallest absolute Gasteiger partial charge is 0.254 e. The standard InChI is InChI=1S/C14H17BrN2O3/c1-10-2-3-11(15)8-12(10)14(20)17-6-4-16(5-7-17)13(19)9-18/h2-3,8,18H,4-7,9H2,1H3. The summed E-state index contributed by atoms with van der Waals surface area (Å²) in [6, 6.07) is 5.63. The summed E-state index contributed by atoms with van der Waals surface area (Å²) in [6.07, 6.45) is 0. The van der Waals surface area contributed by atoms with Gasteiger partial charge in [0.25, 0.3) is 5.91 Å². The summed E-state index contributed by atoms with van der Waals surface area (Å²) in [6.45, 7) is 3.37. The van der Waals surface area contributed by atoms with Crippen molar-refractivity contribution >= 4 is 27.7 Å². The molecule has 0 spiro atoms. The van der Waals surface area contributed by atoms with Crippen LogP contribution in [-0.2, 0) is 4.79 Å². The van der Waals surface area contributed by atoms with Crippen LogP contribution in [0.5, 0.6) is 0 Å². The maximum Gasteiger partial charge on any atom is 0.254 e. The van der Waals surface area contributed by atoms with E-state index in [4.69, 9.17) is 5.11 Å². The number of hydrogen-bond acceptors (Lipinski definition) is 3. The van der Waals surface area contributed by atoms with Gasteiger partial charge in [-0.05, 0) is 24.6 Å². The maximum absolute atomic E-state index is 12.5. The normalized spacial score (nSPS) is 15.3. The second-order valence-electron chi connectivity index (χ2n) is 4.79. The zero-order chi connectivity index (χ0) is 14.7. The number of hydrogen-bond donors (Lipinski definition) is 1. The summed E-state index contributed by atoms with van der Waals surface area (Å²) < 4.78 is 0.876. The molecule has 0 unspecified atom stereocenters. The van der Waals surface area contributed by atoms with E-state index >= 15 is 0 Å². The number of aryl methyl sites for hydroxylation is 1. The summed E-state index contributed by atoms with van der Waals surface area (Å²) in [5.74, 6) is -0.296. The zero-order valence-corrected chi connectivity index (χ0v) is 12.9. The lowest BCUT2D eigenvalue weighted by Crippen LogP contribution is -2.51. The Kier molecular flexibility index (Phi) is 4.77. The molecule has 1 fully saturated rings. The zero-order valence-electron chi connectivity index (χ0n) is 11.3. The van der Waals surface area contributed by atoms with Crippen molar-refractivity contribution in [3.63, 3.8) is 0 Å². The van der Waals surface area contributed by atoms with Crippen LogP contribution in [0.15, 0.2) is 22.7 Å². The number of benzene rings is 1. The molecule has 6 heteroatoms. The highest BCUT2D eigenvalue weighted by Crippen LogP contribution is 2.18. The van der Waals surface area contributed by atoms with Gasteiger partial charge in [0.15, 0.2) is 0 Å². The van der Waals surface area contributed by atoms with Gasteiger partial charge in [0, 0.05) is 36.2 Å². The minimum atomic E-state index is -0.474. The molecular formula is C14H17BrN2O3. The van der Waals surface area contributed by atoms with Crippen LogP contribution in [-0.4, -0.2) is 59.5 Å². The van der Waals surface area contributed by atoms with Crippen molar-refractivity contribution < 1.29 is 14.7 Å². The van der Waals surface area contributed by atoms with Crippen molar-refractivity contribution in [3.8, 4) is 0 Å². The molecule has 2 amide bonds. The lowest BCUT2D eigenvalue weighted by molar-refractivity contribution is -0.135. The van der Waals surface area contributed by atoms with Crippen molar-refractivity contribution in [1.29, 1.82) is 0 Å². The van der Waals surface area contributed by atoms with Crippen LogP contribution in [0.4, 0.5) is 0 Å². The Morgan fingerprint density at radius 1 is 1.20 bits per heavy atom. The molecule has 1 aliphatic rings. The highest BCUT2D eigenvalue weighted by atomic mass is 79.9. The molecular weight excluding hydrogens is 324 g/mol. The van der Waals surface area contributed by atoms with Gasteiger partial charge < -0.3 is 14.9 Å². The number of rotatable bonds is 2. The van der Waals surface area contributed by atoms with E-state index in [1.807, 2.05) is 25.1 Å². The van der Waals surface area contributed by atoms with E-state index in [1.165, 1.54) is 0 Å². The van der Waals surface area contributed by atoms with E-state index in [0.29, 0.717) is 31.7 Å². The van der Waals surface area contributed by atoms with Crippen LogP contribution in [0, 0.1) is 6.92 Å². The van der Waals surface area contributed by atoms with E-state index in [1.54, 1.807) is 9.80 Å². The van der Waals surface area contributed by atoms with E-state index in [0.717, 1.165) is 10.0 Å². The second-order valence-corrected chi connectivity index (χ2v) is 5.71. The predicted molar refractivity (Wildman–Crippen MR) is 78.4 cm³/mol. The summed E-state index contributed by atoms with van der Waals surface area (Å²) in [4.78, 5) is 27.2. The first-order valence-electron chi connectivity index (χ1n) is 6.47. The topological polar surface area (TPSA) is 60.9 Å². The van der Waals surface area contributed by atoms with Crippen molar-refractivity contribution in [2.75, 3.05) is 32.8 Å². The lowest BCUT2D eigenvalue weighted by atomic mass is 10.1. The summed E-state index contributed by atoms with van der Waals surface area (Å²) in [7, 11) is 0. The first-order valence-corrected chi connectivity index (χ1v) is 7.26. The number of amides is 2. The SMILES string of the molecule is Cc1ccc(Br)cc1C(=O)N1CCN(C(=O)CO)CC1. The molecule has 0 aromatic heterocycles. The molecule has 0 atom stereocenters. The Hall–Kier alpha value is -1.40. The van der Waals surface area contributed by atoms with Crippen molar-refractivity contribution in [2.45, 2.75) is 6.92 Å². The minimum Gasteiger partial charge on any atom is -0.387 e. The molecule has 1 aromatic carbocycles. The van der Waals surface area contributed by atoms with Crippen LogP contribution in [0.25, 0.3) is 0 Å².